The molecule has 4 rings (SSSR count). The van der Waals surface area contributed by atoms with Crippen LogP contribution in [-0.2, 0) is 11.3 Å². The highest BCUT2D eigenvalue weighted by atomic mass is 127. The van der Waals surface area contributed by atoms with Gasteiger partial charge in [-0.05, 0) is 19.9 Å². The molecule has 0 bridgehead atoms. The van der Waals surface area contributed by atoms with E-state index in [2.05, 4.69) is 41.6 Å². The molecule has 1 fully saturated rings. The third kappa shape index (κ3) is 5.10. The molecule has 1 saturated heterocycles. The summed E-state index contributed by atoms with van der Waals surface area (Å²) >= 11 is 2.20. The molecule has 0 aliphatic carbocycles. The van der Waals surface area contributed by atoms with Gasteiger partial charge in [-0.1, -0.05) is 0 Å². The summed E-state index contributed by atoms with van der Waals surface area (Å²) < 4.78 is 40.5. The van der Waals surface area contributed by atoms with Crippen molar-refractivity contribution in [3.63, 3.8) is 0 Å². The maximum absolute atomic E-state index is 12.9. The minimum Gasteiger partial charge on any atom is -0.477 e. The van der Waals surface area contributed by atoms with Crippen molar-refractivity contribution in [2.24, 2.45) is 0 Å². The predicted molar refractivity (Wildman–Crippen MR) is 128 cm³/mol. The second-order valence-corrected chi connectivity index (χ2v) is 8.98. The smallest absolute Gasteiger partial charge is 0.265 e. The molecule has 1 atom stereocenters. The van der Waals surface area contributed by atoms with E-state index in [1.54, 1.807) is 6.20 Å². The van der Waals surface area contributed by atoms with Crippen LogP contribution in [0.4, 0.5) is 20.4 Å². The Hall–Kier alpha value is -1.71. The molecule has 174 valence electrons. The quantitative estimate of drug-likeness (QED) is 0.383. The monoisotopic (exact) mass is 579 g/mol. The van der Waals surface area contributed by atoms with Gasteiger partial charge in [-0.15, -0.1) is 0 Å². The van der Waals surface area contributed by atoms with Gasteiger partial charge in [0.05, 0.1) is 42.7 Å². The molecule has 9 nitrogen and oxygen atoms in total. The fraction of sp³-hybridized carbons (Fsp3) is 0.526. The van der Waals surface area contributed by atoms with E-state index in [0.717, 1.165) is 22.4 Å². The van der Waals surface area contributed by atoms with Crippen LogP contribution in [0.2, 0.25) is 0 Å². The average molecular weight is 579 g/mol. The Morgan fingerprint density at radius 1 is 1.38 bits per heavy atom. The highest BCUT2D eigenvalue weighted by Crippen LogP contribution is 2.31. The first-order chi connectivity index (χ1) is 15.5. The topological polar surface area (TPSA) is 82.3 Å². The van der Waals surface area contributed by atoms with Crippen LogP contribution in [0.3, 0.4) is 0 Å². The number of ether oxygens (including phenoxy) is 2. The van der Waals surface area contributed by atoms with Crippen LogP contribution in [0, 0.1) is 6.92 Å². The van der Waals surface area contributed by atoms with Gasteiger partial charge >= 0.3 is 0 Å². The van der Waals surface area contributed by atoms with E-state index in [1.165, 1.54) is 9.12 Å². The number of alkyl halides is 2. The first-order valence-electron chi connectivity index (χ1n) is 10.2. The minimum absolute atomic E-state index is 0.228. The molecule has 0 radical (unpaired) electrons. The molecule has 1 unspecified atom stereocenters. The third-order valence-electron chi connectivity index (χ3n) is 5.27. The number of fused-ring (bicyclic) bond motifs is 1. The fourth-order valence-electron chi connectivity index (χ4n) is 3.56. The van der Waals surface area contributed by atoms with Gasteiger partial charge in [-0.3, -0.25) is 13.6 Å². The molecule has 0 saturated carbocycles. The van der Waals surface area contributed by atoms with Crippen molar-refractivity contribution in [2.75, 3.05) is 38.2 Å². The Kier molecular flexibility index (Phi) is 7.68. The van der Waals surface area contributed by atoms with E-state index in [-0.39, 0.29) is 6.54 Å². The van der Waals surface area contributed by atoms with Crippen molar-refractivity contribution < 1.29 is 18.3 Å². The lowest BCUT2D eigenvalue weighted by molar-refractivity contribution is -0.102. The van der Waals surface area contributed by atoms with E-state index in [0.29, 0.717) is 44.7 Å². The summed E-state index contributed by atoms with van der Waals surface area (Å²) in [5.74, 6) is 0.942. The summed E-state index contributed by atoms with van der Waals surface area (Å²) in [7, 11) is 1.51. The van der Waals surface area contributed by atoms with Crippen LogP contribution in [0.5, 0.6) is 5.88 Å². The van der Waals surface area contributed by atoms with Gasteiger partial charge in [0.25, 0.3) is 6.43 Å². The molecule has 0 aromatic carbocycles. The Morgan fingerprint density at radius 2 is 2.22 bits per heavy atom. The number of aromatic nitrogens is 5. The molecule has 1 aliphatic rings. The van der Waals surface area contributed by atoms with Gasteiger partial charge in [0.1, 0.15) is 6.10 Å². The lowest BCUT2D eigenvalue weighted by Crippen LogP contribution is -2.46. The number of hydrogen-bond donors (Lipinski definition) is 1. The minimum atomic E-state index is -2.47. The highest BCUT2D eigenvalue weighted by Gasteiger charge is 2.27. The molecule has 13 heteroatoms. The lowest BCUT2D eigenvalue weighted by Gasteiger charge is -2.32. The van der Waals surface area contributed by atoms with E-state index < -0.39 is 12.5 Å². The number of anilines is 2. The van der Waals surface area contributed by atoms with Gasteiger partial charge in [0.2, 0.25) is 11.8 Å². The molecule has 4 heterocycles. The van der Waals surface area contributed by atoms with Crippen LogP contribution >= 0.6 is 30.3 Å². The molecule has 3 aromatic rings. The Morgan fingerprint density at radius 3 is 2.97 bits per heavy atom. The Labute approximate surface area is 200 Å². The zero-order valence-corrected chi connectivity index (χ0v) is 20.6. The second kappa shape index (κ2) is 10.5. The Bertz CT molecular complexity index is 1060. The average Bonchev–Trinajstić information content (AvgIpc) is 3.36. The standard InChI is InChI=1S/C19H24F2IN7O2S/c1-3-30-18-13-4-5-29(32-22)17(13)25-19(26-18)24-14-10-23-28(12(14)2)7-6-27-8-9-31-15(11-27)16(20)21/h4-5,10,15-16H,3,6-9,11H2,1-2H3,(H,24,25,26). The zero-order chi connectivity index (χ0) is 22.7. The number of nitrogens with one attached hydrogen (secondary N) is 1. The first-order valence-corrected chi connectivity index (χ1v) is 13.5. The van der Waals surface area contributed by atoms with E-state index in [1.807, 2.05) is 39.7 Å². The molecule has 0 spiro atoms. The highest BCUT2D eigenvalue weighted by molar-refractivity contribution is 14.2. The Balaban J connectivity index is 1.47. The van der Waals surface area contributed by atoms with Gasteiger partial charge in [-0.2, -0.15) is 15.1 Å². The molecular formula is C19H24F2IN7O2S. The first kappa shape index (κ1) is 23.4. The normalized spacial score (nSPS) is 17.4. The molecule has 0 amide bonds. The number of nitrogens with zero attached hydrogens (tertiary/aromatic N) is 6. The summed E-state index contributed by atoms with van der Waals surface area (Å²) in [4.78, 5) is 11.2. The van der Waals surface area contributed by atoms with Crippen molar-refractivity contribution >= 4 is 53.0 Å². The molecule has 3 aromatic heterocycles. The van der Waals surface area contributed by atoms with E-state index >= 15 is 0 Å². The number of morpholine rings is 1. The van der Waals surface area contributed by atoms with Gasteiger partial charge in [0.15, 0.2) is 5.65 Å². The van der Waals surface area contributed by atoms with Crippen molar-refractivity contribution in [1.82, 2.24) is 28.6 Å². The van der Waals surface area contributed by atoms with Crippen molar-refractivity contribution in [3.05, 3.63) is 24.2 Å². The number of hydrogen-bond acceptors (Lipinski definition) is 8. The van der Waals surface area contributed by atoms with Gasteiger partial charge < -0.3 is 14.8 Å². The largest absolute Gasteiger partial charge is 0.477 e. The summed E-state index contributed by atoms with van der Waals surface area (Å²) in [6.45, 7) is 6.74. The predicted octanol–water partition coefficient (Wildman–Crippen LogP) is 3.89. The maximum atomic E-state index is 12.9. The lowest BCUT2D eigenvalue weighted by atomic mass is 10.3. The van der Waals surface area contributed by atoms with E-state index in [9.17, 15) is 8.78 Å². The molecule has 1 aliphatic heterocycles. The summed E-state index contributed by atoms with van der Waals surface area (Å²) in [5, 5.41) is 8.54. The summed E-state index contributed by atoms with van der Waals surface area (Å²) in [5.41, 5.74) is 2.44. The van der Waals surface area contributed by atoms with Gasteiger partial charge in [0, 0.05) is 56.2 Å². The van der Waals surface area contributed by atoms with Crippen LogP contribution in [-0.4, -0.2) is 74.0 Å². The van der Waals surface area contributed by atoms with Crippen molar-refractivity contribution in [3.8, 4) is 5.88 Å². The second-order valence-electron chi connectivity index (χ2n) is 7.27. The maximum Gasteiger partial charge on any atom is 0.265 e. The summed E-state index contributed by atoms with van der Waals surface area (Å²) in [6.07, 6.45) is 0.156. The zero-order valence-electron chi connectivity index (χ0n) is 17.7. The summed E-state index contributed by atoms with van der Waals surface area (Å²) in [6, 6.07) is 1.93. The van der Waals surface area contributed by atoms with Crippen LogP contribution in [0.15, 0.2) is 18.5 Å². The fourth-order valence-corrected chi connectivity index (χ4v) is 4.83. The molecule has 1 N–H and O–H groups in total. The molecular weight excluding hydrogens is 555 g/mol. The number of rotatable bonds is 9. The van der Waals surface area contributed by atoms with Crippen LogP contribution in [0.25, 0.3) is 11.0 Å². The van der Waals surface area contributed by atoms with Crippen molar-refractivity contribution in [1.29, 1.82) is 0 Å². The number of halogens is 3. The van der Waals surface area contributed by atoms with Crippen molar-refractivity contribution in [2.45, 2.75) is 32.9 Å². The molecule has 32 heavy (non-hydrogen) atoms. The van der Waals surface area contributed by atoms with Gasteiger partial charge in [-0.25, -0.2) is 8.78 Å². The third-order valence-corrected chi connectivity index (χ3v) is 6.98. The SMILES string of the molecule is CCOc1nc(Nc2cnn(CCN3CCOC(C(F)F)C3)c2C)nc2c1ccn2SI. The van der Waals surface area contributed by atoms with E-state index in [4.69, 9.17) is 9.47 Å². The van der Waals surface area contributed by atoms with Crippen LogP contribution < -0.4 is 10.1 Å². The van der Waals surface area contributed by atoms with Crippen LogP contribution in [0.1, 0.15) is 12.6 Å².